The van der Waals surface area contributed by atoms with Gasteiger partial charge < -0.3 is 9.47 Å². The number of nitrogens with zero attached hydrogens (tertiary/aromatic N) is 2. The Balaban J connectivity index is 1.79. The number of benzene rings is 2. The Morgan fingerprint density at radius 3 is 2.57 bits per heavy atom. The van der Waals surface area contributed by atoms with E-state index in [0.29, 0.717) is 5.13 Å². The van der Waals surface area contributed by atoms with Gasteiger partial charge in [-0.25, -0.2) is 4.98 Å². The summed E-state index contributed by atoms with van der Waals surface area (Å²) >= 11 is 1.32. The first-order valence-corrected chi connectivity index (χ1v) is 9.15. The molecule has 1 amide bonds. The Morgan fingerprint density at radius 1 is 1.14 bits per heavy atom. The third-order valence-corrected chi connectivity index (χ3v) is 4.94. The number of halogens is 3. The number of thiazole rings is 1. The molecule has 28 heavy (non-hydrogen) atoms. The van der Waals surface area contributed by atoms with Crippen LogP contribution in [0.25, 0.3) is 10.2 Å². The lowest BCUT2D eigenvalue weighted by Gasteiger charge is -2.20. The van der Waals surface area contributed by atoms with E-state index in [-0.39, 0.29) is 18.9 Å². The van der Waals surface area contributed by atoms with Crippen molar-refractivity contribution in [1.29, 1.82) is 0 Å². The molecule has 9 heteroatoms. The molecular formula is C19H17F3N2O3S. The second-order valence-corrected chi connectivity index (χ2v) is 6.79. The predicted molar refractivity (Wildman–Crippen MR) is 101 cm³/mol. The van der Waals surface area contributed by atoms with E-state index in [1.807, 2.05) is 24.3 Å². The fourth-order valence-corrected chi connectivity index (χ4v) is 3.54. The average Bonchev–Trinajstić information content (AvgIpc) is 3.10. The van der Waals surface area contributed by atoms with Gasteiger partial charge in [0.15, 0.2) is 11.7 Å². The van der Waals surface area contributed by atoms with Gasteiger partial charge in [0, 0.05) is 7.11 Å². The van der Waals surface area contributed by atoms with Gasteiger partial charge in [-0.05, 0) is 24.3 Å². The van der Waals surface area contributed by atoms with E-state index in [2.05, 4.69) is 4.98 Å². The Hall–Kier alpha value is -2.65. The molecule has 0 N–H and O–H groups in total. The van der Waals surface area contributed by atoms with E-state index in [1.165, 1.54) is 41.5 Å². The van der Waals surface area contributed by atoms with Crippen LogP contribution >= 0.6 is 11.3 Å². The van der Waals surface area contributed by atoms with Crippen molar-refractivity contribution in [3.63, 3.8) is 0 Å². The number of aromatic nitrogens is 1. The molecule has 0 fully saturated rings. The number of hydrogen-bond acceptors (Lipinski definition) is 5. The van der Waals surface area contributed by atoms with E-state index in [1.54, 1.807) is 0 Å². The third-order valence-electron chi connectivity index (χ3n) is 3.88. The van der Waals surface area contributed by atoms with Crippen LogP contribution in [0.1, 0.15) is 5.56 Å². The summed E-state index contributed by atoms with van der Waals surface area (Å²) in [6, 6.07) is 12.2. The normalized spacial score (nSPS) is 11.6. The lowest BCUT2D eigenvalue weighted by molar-refractivity contribution is -0.139. The summed E-state index contributed by atoms with van der Waals surface area (Å²) in [4.78, 5) is 18.5. The van der Waals surface area contributed by atoms with Gasteiger partial charge in [0.25, 0.3) is 5.91 Å². The van der Waals surface area contributed by atoms with E-state index in [9.17, 15) is 18.0 Å². The molecule has 0 aliphatic carbocycles. The average molecular weight is 410 g/mol. The molecule has 0 aliphatic heterocycles. The lowest BCUT2D eigenvalue weighted by Crippen LogP contribution is -2.37. The molecule has 0 aliphatic rings. The zero-order valence-electron chi connectivity index (χ0n) is 14.9. The maximum absolute atomic E-state index is 13.1. The van der Waals surface area contributed by atoms with E-state index < -0.39 is 24.3 Å². The second kappa shape index (κ2) is 8.57. The number of amides is 1. The van der Waals surface area contributed by atoms with Crippen molar-refractivity contribution in [2.45, 2.75) is 6.18 Å². The van der Waals surface area contributed by atoms with Gasteiger partial charge >= 0.3 is 6.18 Å². The van der Waals surface area contributed by atoms with Crippen molar-refractivity contribution in [3.8, 4) is 5.75 Å². The van der Waals surface area contributed by atoms with Crippen molar-refractivity contribution in [2.24, 2.45) is 0 Å². The predicted octanol–water partition coefficient (Wildman–Crippen LogP) is 4.37. The van der Waals surface area contributed by atoms with E-state index >= 15 is 0 Å². The molecule has 0 atom stereocenters. The van der Waals surface area contributed by atoms with Gasteiger partial charge in [0.2, 0.25) is 0 Å². The van der Waals surface area contributed by atoms with Gasteiger partial charge in [0.05, 0.1) is 28.9 Å². The zero-order chi connectivity index (χ0) is 20.1. The lowest BCUT2D eigenvalue weighted by atomic mass is 10.2. The minimum absolute atomic E-state index is 0.208. The largest absolute Gasteiger partial charge is 0.483 e. The molecule has 1 aromatic heterocycles. The molecule has 5 nitrogen and oxygen atoms in total. The van der Waals surface area contributed by atoms with Crippen molar-refractivity contribution in [3.05, 3.63) is 54.1 Å². The zero-order valence-corrected chi connectivity index (χ0v) is 15.7. The number of hydrogen-bond donors (Lipinski definition) is 0. The molecule has 3 rings (SSSR count). The highest BCUT2D eigenvalue weighted by molar-refractivity contribution is 7.22. The third kappa shape index (κ3) is 4.60. The number of carbonyl (C=O) groups excluding carboxylic acids is 1. The van der Waals surface area contributed by atoms with E-state index in [0.717, 1.165) is 16.3 Å². The van der Waals surface area contributed by atoms with Crippen LogP contribution in [0, 0.1) is 0 Å². The number of para-hydroxylation sites is 2. The van der Waals surface area contributed by atoms with Crippen LogP contribution in [0.2, 0.25) is 0 Å². The molecule has 0 unspecified atom stereocenters. The molecule has 0 spiro atoms. The highest BCUT2D eigenvalue weighted by Gasteiger charge is 2.34. The SMILES string of the molecule is COCCN(C(=O)COc1ccccc1C(F)(F)F)c1nc2ccccc2s1. The van der Waals surface area contributed by atoms with Gasteiger partial charge in [-0.2, -0.15) is 13.2 Å². The number of carbonyl (C=O) groups is 1. The Labute approximate surface area is 163 Å². The number of rotatable bonds is 7. The quantitative estimate of drug-likeness (QED) is 0.580. The van der Waals surface area contributed by atoms with Crippen molar-refractivity contribution >= 4 is 32.6 Å². The fourth-order valence-electron chi connectivity index (χ4n) is 2.53. The van der Waals surface area contributed by atoms with Gasteiger partial charge in [-0.15, -0.1) is 0 Å². The summed E-state index contributed by atoms with van der Waals surface area (Å²) in [6.07, 6.45) is -4.57. The number of ether oxygens (including phenoxy) is 2. The van der Waals surface area contributed by atoms with Crippen molar-refractivity contribution in [2.75, 3.05) is 31.8 Å². The Bertz CT molecular complexity index is 926. The molecule has 2 aromatic carbocycles. The number of fused-ring (bicyclic) bond motifs is 1. The molecular weight excluding hydrogens is 393 g/mol. The first-order valence-electron chi connectivity index (χ1n) is 8.34. The van der Waals surface area contributed by atoms with Gasteiger partial charge in [-0.1, -0.05) is 35.6 Å². The molecule has 1 heterocycles. The fraction of sp³-hybridized carbons (Fsp3) is 0.263. The molecule has 0 saturated carbocycles. The van der Waals surface area contributed by atoms with Crippen LogP contribution in [0.4, 0.5) is 18.3 Å². The summed E-state index contributed by atoms with van der Waals surface area (Å²) < 4.78 is 50.4. The minimum atomic E-state index is -4.57. The summed E-state index contributed by atoms with van der Waals surface area (Å²) in [5.41, 5.74) is -0.188. The maximum Gasteiger partial charge on any atom is 0.419 e. The summed E-state index contributed by atoms with van der Waals surface area (Å²) in [5.74, 6) is -0.896. The number of anilines is 1. The molecule has 0 radical (unpaired) electrons. The second-order valence-electron chi connectivity index (χ2n) is 5.78. The van der Waals surface area contributed by atoms with Crippen LogP contribution in [-0.4, -0.2) is 37.8 Å². The smallest absolute Gasteiger partial charge is 0.419 e. The summed E-state index contributed by atoms with van der Waals surface area (Å²) in [7, 11) is 1.50. The molecule has 0 bridgehead atoms. The monoisotopic (exact) mass is 410 g/mol. The van der Waals surface area contributed by atoms with Crippen LogP contribution in [-0.2, 0) is 15.7 Å². The van der Waals surface area contributed by atoms with Crippen LogP contribution in [0.15, 0.2) is 48.5 Å². The van der Waals surface area contributed by atoms with Gasteiger partial charge in [0.1, 0.15) is 5.75 Å². The highest BCUT2D eigenvalue weighted by Crippen LogP contribution is 2.36. The van der Waals surface area contributed by atoms with Gasteiger partial charge in [-0.3, -0.25) is 9.69 Å². The minimum Gasteiger partial charge on any atom is -0.483 e. The van der Waals surface area contributed by atoms with Crippen LogP contribution < -0.4 is 9.64 Å². The standard InChI is InChI=1S/C19H17F3N2O3S/c1-26-11-10-24(18-23-14-7-3-5-9-16(14)28-18)17(25)12-27-15-8-4-2-6-13(15)19(20,21)22/h2-9H,10-12H2,1H3. The van der Waals surface area contributed by atoms with Crippen LogP contribution in [0.3, 0.4) is 0 Å². The van der Waals surface area contributed by atoms with Crippen LogP contribution in [0.5, 0.6) is 5.75 Å². The maximum atomic E-state index is 13.1. The Morgan fingerprint density at radius 2 is 1.86 bits per heavy atom. The first-order chi connectivity index (χ1) is 13.4. The Kier molecular flexibility index (Phi) is 6.15. The number of methoxy groups -OCH3 is 1. The molecule has 148 valence electrons. The van der Waals surface area contributed by atoms with Crippen molar-refractivity contribution in [1.82, 2.24) is 4.98 Å². The summed E-state index contributed by atoms with van der Waals surface area (Å²) in [5, 5.41) is 0.441. The molecule has 0 saturated heterocycles. The molecule has 3 aromatic rings. The van der Waals surface area contributed by atoms with Crippen molar-refractivity contribution < 1.29 is 27.4 Å². The number of alkyl halides is 3. The first kappa shape index (κ1) is 20.1. The highest BCUT2D eigenvalue weighted by atomic mass is 32.1. The van der Waals surface area contributed by atoms with E-state index in [4.69, 9.17) is 9.47 Å². The summed E-state index contributed by atoms with van der Waals surface area (Å²) in [6.45, 7) is -0.0903. The topological polar surface area (TPSA) is 51.7 Å².